The average molecular weight is 290 g/mol. The highest BCUT2D eigenvalue weighted by atomic mass is 16.2. The number of amides is 2. The van der Waals surface area contributed by atoms with Crippen LogP contribution in [0.2, 0.25) is 0 Å². The summed E-state index contributed by atoms with van der Waals surface area (Å²) in [5, 5.41) is 5.47. The molecular weight excluding hydrogens is 264 g/mol. The Morgan fingerprint density at radius 1 is 1.05 bits per heavy atom. The first-order chi connectivity index (χ1) is 9.82. The molecule has 0 aliphatic rings. The monoisotopic (exact) mass is 290 g/mol. The van der Waals surface area contributed by atoms with Gasteiger partial charge in [-0.2, -0.15) is 0 Å². The fourth-order valence-electron chi connectivity index (χ4n) is 1.87. The van der Waals surface area contributed by atoms with Crippen molar-refractivity contribution in [2.45, 2.75) is 52.4 Å². The van der Waals surface area contributed by atoms with Gasteiger partial charge in [-0.3, -0.25) is 9.59 Å². The Kier molecular flexibility index (Phi) is 6.40. The van der Waals surface area contributed by atoms with Gasteiger partial charge in [0.05, 0.1) is 0 Å². The predicted molar refractivity (Wildman–Crippen MR) is 86.3 cm³/mol. The molecule has 0 atom stereocenters. The van der Waals surface area contributed by atoms with Crippen molar-refractivity contribution in [1.82, 2.24) is 5.32 Å². The average Bonchev–Trinajstić information content (AvgIpc) is 2.38. The van der Waals surface area contributed by atoms with Gasteiger partial charge in [0.25, 0.3) is 0 Å². The topological polar surface area (TPSA) is 58.2 Å². The summed E-state index contributed by atoms with van der Waals surface area (Å²) in [6.07, 6.45) is 1.82. The molecule has 1 aromatic carbocycles. The molecule has 0 heterocycles. The summed E-state index contributed by atoms with van der Waals surface area (Å²) < 4.78 is 0. The molecule has 0 fully saturated rings. The highest BCUT2D eigenvalue weighted by Crippen LogP contribution is 2.23. The summed E-state index contributed by atoms with van der Waals surface area (Å²) in [6, 6.07) is 7.73. The summed E-state index contributed by atoms with van der Waals surface area (Å²) in [5.41, 5.74) is 2.01. The van der Waals surface area contributed by atoms with Crippen LogP contribution < -0.4 is 10.6 Å². The van der Waals surface area contributed by atoms with Crippen LogP contribution in [0.15, 0.2) is 24.3 Å². The van der Waals surface area contributed by atoms with Gasteiger partial charge in [0.1, 0.15) is 6.42 Å². The van der Waals surface area contributed by atoms with E-state index < -0.39 is 0 Å². The number of unbranched alkanes of at least 4 members (excludes halogenated alkanes) is 1. The third-order valence-electron chi connectivity index (χ3n) is 3.21. The number of carbonyl (C=O) groups excluding carboxylic acids is 2. The molecule has 116 valence electrons. The quantitative estimate of drug-likeness (QED) is 0.624. The second kappa shape index (κ2) is 7.81. The summed E-state index contributed by atoms with van der Waals surface area (Å²) in [7, 11) is 0. The van der Waals surface area contributed by atoms with E-state index in [4.69, 9.17) is 0 Å². The van der Waals surface area contributed by atoms with Crippen molar-refractivity contribution < 1.29 is 9.59 Å². The van der Waals surface area contributed by atoms with E-state index in [0.29, 0.717) is 12.2 Å². The SMILES string of the molecule is CCCCNC(=O)CC(=O)Nc1ccc(C(C)(C)C)cc1. The Bertz CT molecular complexity index is 473. The van der Waals surface area contributed by atoms with E-state index >= 15 is 0 Å². The summed E-state index contributed by atoms with van der Waals surface area (Å²) in [4.78, 5) is 23.3. The van der Waals surface area contributed by atoms with E-state index in [1.54, 1.807) is 0 Å². The number of rotatable bonds is 6. The molecule has 0 unspecified atom stereocenters. The molecule has 0 spiro atoms. The third kappa shape index (κ3) is 6.43. The lowest BCUT2D eigenvalue weighted by Crippen LogP contribution is -2.28. The summed E-state index contributed by atoms with van der Waals surface area (Å²) in [6.45, 7) is 9.10. The fourth-order valence-corrected chi connectivity index (χ4v) is 1.87. The maximum atomic E-state index is 11.8. The highest BCUT2D eigenvalue weighted by molar-refractivity contribution is 6.03. The summed E-state index contributed by atoms with van der Waals surface area (Å²) in [5.74, 6) is -0.514. The van der Waals surface area contributed by atoms with Crippen LogP contribution in [-0.2, 0) is 15.0 Å². The van der Waals surface area contributed by atoms with Gasteiger partial charge in [0.15, 0.2) is 0 Å². The normalized spacial score (nSPS) is 11.0. The van der Waals surface area contributed by atoms with Crippen LogP contribution in [0.4, 0.5) is 5.69 Å². The molecule has 4 nitrogen and oxygen atoms in total. The number of hydrogen-bond acceptors (Lipinski definition) is 2. The van der Waals surface area contributed by atoms with Gasteiger partial charge in [-0.05, 0) is 29.5 Å². The van der Waals surface area contributed by atoms with Gasteiger partial charge in [0, 0.05) is 12.2 Å². The minimum Gasteiger partial charge on any atom is -0.356 e. The zero-order valence-corrected chi connectivity index (χ0v) is 13.5. The second-order valence-corrected chi connectivity index (χ2v) is 6.26. The Morgan fingerprint density at radius 3 is 2.19 bits per heavy atom. The van der Waals surface area contributed by atoms with Crippen LogP contribution in [-0.4, -0.2) is 18.4 Å². The zero-order chi connectivity index (χ0) is 15.9. The lowest BCUT2D eigenvalue weighted by molar-refractivity contribution is -0.126. The van der Waals surface area contributed by atoms with Gasteiger partial charge in [-0.1, -0.05) is 46.2 Å². The second-order valence-electron chi connectivity index (χ2n) is 6.26. The van der Waals surface area contributed by atoms with Crippen molar-refractivity contribution >= 4 is 17.5 Å². The molecule has 0 bridgehead atoms. The highest BCUT2D eigenvalue weighted by Gasteiger charge is 2.13. The van der Waals surface area contributed by atoms with Crippen LogP contribution in [0, 0.1) is 0 Å². The molecule has 2 N–H and O–H groups in total. The van der Waals surface area contributed by atoms with E-state index in [2.05, 4.69) is 38.3 Å². The first kappa shape index (κ1) is 17.2. The molecule has 0 aliphatic carbocycles. The Labute approximate surface area is 127 Å². The maximum absolute atomic E-state index is 11.8. The number of benzene rings is 1. The predicted octanol–water partition coefficient (Wildman–Crippen LogP) is 3.23. The molecule has 0 radical (unpaired) electrons. The molecule has 1 rings (SSSR count). The van der Waals surface area contributed by atoms with Gasteiger partial charge in [-0.15, -0.1) is 0 Å². The molecule has 0 saturated carbocycles. The largest absolute Gasteiger partial charge is 0.356 e. The van der Waals surface area contributed by atoms with Crippen molar-refractivity contribution in [2.75, 3.05) is 11.9 Å². The van der Waals surface area contributed by atoms with Crippen LogP contribution in [0.3, 0.4) is 0 Å². The first-order valence-corrected chi connectivity index (χ1v) is 7.50. The first-order valence-electron chi connectivity index (χ1n) is 7.50. The number of nitrogens with one attached hydrogen (secondary N) is 2. The molecule has 21 heavy (non-hydrogen) atoms. The van der Waals surface area contributed by atoms with Crippen molar-refractivity contribution in [2.24, 2.45) is 0 Å². The lowest BCUT2D eigenvalue weighted by atomic mass is 9.87. The molecule has 4 heteroatoms. The number of carbonyl (C=O) groups is 2. The number of hydrogen-bond donors (Lipinski definition) is 2. The fraction of sp³-hybridized carbons (Fsp3) is 0.529. The number of anilines is 1. The minimum absolute atomic E-state index is 0.0850. The van der Waals surface area contributed by atoms with E-state index in [1.807, 2.05) is 24.3 Å². The lowest BCUT2D eigenvalue weighted by Gasteiger charge is -2.19. The van der Waals surface area contributed by atoms with E-state index in [0.717, 1.165) is 12.8 Å². The maximum Gasteiger partial charge on any atom is 0.233 e. The van der Waals surface area contributed by atoms with Gasteiger partial charge in [0.2, 0.25) is 11.8 Å². The molecular formula is C17H26N2O2. The Hall–Kier alpha value is -1.84. The van der Waals surface area contributed by atoms with Crippen LogP contribution in [0.25, 0.3) is 0 Å². The molecule has 0 aromatic heterocycles. The van der Waals surface area contributed by atoms with Gasteiger partial charge < -0.3 is 10.6 Å². The standard InChI is InChI=1S/C17H26N2O2/c1-5-6-11-18-15(20)12-16(21)19-14-9-7-13(8-10-14)17(2,3)4/h7-10H,5-6,11-12H2,1-4H3,(H,18,20)(H,19,21). The van der Waals surface area contributed by atoms with Crippen LogP contribution >= 0.6 is 0 Å². The van der Waals surface area contributed by atoms with E-state index in [1.165, 1.54) is 5.56 Å². The Morgan fingerprint density at radius 2 is 1.67 bits per heavy atom. The Balaban J connectivity index is 2.46. The van der Waals surface area contributed by atoms with E-state index in [-0.39, 0.29) is 23.7 Å². The van der Waals surface area contributed by atoms with Crippen LogP contribution in [0.5, 0.6) is 0 Å². The minimum atomic E-state index is -0.285. The van der Waals surface area contributed by atoms with Gasteiger partial charge >= 0.3 is 0 Å². The molecule has 0 saturated heterocycles. The summed E-state index contributed by atoms with van der Waals surface area (Å²) >= 11 is 0. The van der Waals surface area contributed by atoms with Crippen molar-refractivity contribution in [3.8, 4) is 0 Å². The van der Waals surface area contributed by atoms with Crippen molar-refractivity contribution in [3.63, 3.8) is 0 Å². The van der Waals surface area contributed by atoms with Crippen molar-refractivity contribution in [1.29, 1.82) is 0 Å². The van der Waals surface area contributed by atoms with Crippen molar-refractivity contribution in [3.05, 3.63) is 29.8 Å². The van der Waals surface area contributed by atoms with Gasteiger partial charge in [-0.25, -0.2) is 0 Å². The smallest absolute Gasteiger partial charge is 0.233 e. The van der Waals surface area contributed by atoms with E-state index in [9.17, 15) is 9.59 Å². The molecule has 0 aliphatic heterocycles. The molecule has 2 amide bonds. The van der Waals surface area contributed by atoms with Crippen LogP contribution in [0.1, 0.15) is 52.5 Å². The zero-order valence-electron chi connectivity index (χ0n) is 13.5. The third-order valence-corrected chi connectivity index (χ3v) is 3.21. The molecule has 1 aromatic rings.